The van der Waals surface area contributed by atoms with Crippen molar-refractivity contribution in [2.24, 2.45) is 5.73 Å². The first-order valence-electron chi connectivity index (χ1n) is 3.89. The van der Waals surface area contributed by atoms with Crippen molar-refractivity contribution in [3.63, 3.8) is 0 Å². The lowest BCUT2D eigenvalue weighted by atomic mass is 10.1. The summed E-state index contributed by atoms with van der Waals surface area (Å²) in [6.07, 6.45) is 0.546. The smallest absolute Gasteiger partial charge is 0.259 e. The molecule has 2 nitrogen and oxygen atoms in total. The molecule has 1 aromatic rings. The molecule has 4 heteroatoms. The fraction of sp³-hybridized carbons (Fsp3) is 0.222. The fourth-order valence-corrected chi connectivity index (χ4v) is 1.18. The molecule has 0 aliphatic rings. The number of rotatable bonds is 2. The highest BCUT2D eigenvalue weighted by Gasteiger charge is 2.07. The average Bonchev–Trinajstić information content (AvgIpc) is 2.03. The van der Waals surface area contributed by atoms with E-state index in [0.717, 1.165) is 0 Å². The largest absolute Gasteiger partial charge is 0.432 e. The summed E-state index contributed by atoms with van der Waals surface area (Å²) in [6, 6.07) is 4.58. The third-order valence-corrected chi connectivity index (χ3v) is 1.72. The molecule has 0 saturated heterocycles. The van der Waals surface area contributed by atoms with Gasteiger partial charge in [0.25, 0.3) is 5.17 Å². The summed E-state index contributed by atoms with van der Waals surface area (Å²) in [5.41, 5.74) is 5.68. The van der Waals surface area contributed by atoms with Crippen LogP contribution in [0.4, 0.5) is 4.39 Å². The third-order valence-electron chi connectivity index (χ3n) is 1.64. The summed E-state index contributed by atoms with van der Waals surface area (Å²) in [7, 11) is 0. The van der Waals surface area contributed by atoms with E-state index < -0.39 is 0 Å². The Kier molecular flexibility index (Phi) is 3.19. The molecule has 0 amide bonds. The maximum Gasteiger partial charge on any atom is 0.259 e. The van der Waals surface area contributed by atoms with Gasteiger partial charge in [0.05, 0.1) is 0 Å². The molecule has 0 radical (unpaired) electrons. The van der Waals surface area contributed by atoms with Crippen LogP contribution >= 0.6 is 12.2 Å². The summed E-state index contributed by atoms with van der Waals surface area (Å²) in [6.45, 7) is 1.84. The molecule has 0 heterocycles. The average molecular weight is 199 g/mol. The van der Waals surface area contributed by atoms with E-state index in [1.807, 2.05) is 6.92 Å². The van der Waals surface area contributed by atoms with Crippen molar-refractivity contribution in [3.8, 4) is 5.75 Å². The highest BCUT2D eigenvalue weighted by atomic mass is 32.1. The molecular formula is C9H10FNOS. The lowest BCUT2D eigenvalue weighted by molar-refractivity contribution is 0.530. The van der Waals surface area contributed by atoms with Gasteiger partial charge in [-0.2, -0.15) is 0 Å². The second-order valence-electron chi connectivity index (χ2n) is 2.49. The third kappa shape index (κ3) is 2.39. The Hall–Kier alpha value is -1.16. The van der Waals surface area contributed by atoms with E-state index in [1.54, 1.807) is 12.1 Å². The van der Waals surface area contributed by atoms with E-state index >= 15 is 0 Å². The Morgan fingerprint density at radius 3 is 2.85 bits per heavy atom. The molecule has 0 spiro atoms. The van der Waals surface area contributed by atoms with E-state index in [0.29, 0.717) is 17.7 Å². The summed E-state index contributed by atoms with van der Waals surface area (Å²) < 4.78 is 18.1. The molecule has 2 N–H and O–H groups in total. The molecule has 0 bridgehead atoms. The molecular weight excluding hydrogens is 189 g/mol. The van der Waals surface area contributed by atoms with Crippen molar-refractivity contribution >= 4 is 17.4 Å². The van der Waals surface area contributed by atoms with Crippen molar-refractivity contribution in [3.05, 3.63) is 29.6 Å². The van der Waals surface area contributed by atoms with Gasteiger partial charge in [-0.3, -0.25) is 0 Å². The summed E-state index contributed by atoms with van der Waals surface area (Å²) in [5, 5.41) is -0.0969. The monoisotopic (exact) mass is 199 g/mol. The number of thiocarbonyl (C=S) groups is 1. The van der Waals surface area contributed by atoms with Crippen LogP contribution in [0.15, 0.2) is 18.2 Å². The molecule has 0 fully saturated rings. The van der Waals surface area contributed by atoms with Gasteiger partial charge < -0.3 is 10.5 Å². The van der Waals surface area contributed by atoms with Crippen LogP contribution in [0.5, 0.6) is 5.75 Å². The molecule has 0 aromatic heterocycles. The van der Waals surface area contributed by atoms with Gasteiger partial charge in [0.15, 0.2) is 0 Å². The number of hydrogen-bond acceptors (Lipinski definition) is 2. The van der Waals surface area contributed by atoms with Crippen LogP contribution in [0.1, 0.15) is 12.5 Å². The van der Waals surface area contributed by atoms with Crippen LogP contribution in [0.3, 0.4) is 0 Å². The lowest BCUT2D eigenvalue weighted by Crippen LogP contribution is -2.17. The van der Waals surface area contributed by atoms with Gasteiger partial charge in [0.1, 0.15) is 11.6 Å². The van der Waals surface area contributed by atoms with Crippen LogP contribution in [0, 0.1) is 5.82 Å². The van der Waals surface area contributed by atoms with Crippen molar-refractivity contribution in [1.29, 1.82) is 0 Å². The standard InChI is InChI=1S/C9H10FNOS/c1-2-6-7(10)4-3-5-8(6)12-9(11)13/h3-5H,2H2,1H3,(H2,11,13). The van der Waals surface area contributed by atoms with Gasteiger partial charge in [-0.15, -0.1) is 0 Å². The minimum Gasteiger partial charge on any atom is -0.432 e. The Morgan fingerprint density at radius 1 is 1.62 bits per heavy atom. The van der Waals surface area contributed by atoms with E-state index in [-0.39, 0.29) is 11.0 Å². The Bertz CT molecular complexity index is 327. The zero-order valence-corrected chi connectivity index (χ0v) is 8.03. The number of ether oxygens (including phenoxy) is 1. The SMILES string of the molecule is CCc1c(F)cccc1OC(N)=S. The lowest BCUT2D eigenvalue weighted by Gasteiger charge is -2.08. The highest BCUT2D eigenvalue weighted by Crippen LogP contribution is 2.21. The Morgan fingerprint density at radius 2 is 2.31 bits per heavy atom. The molecule has 1 rings (SSSR count). The Balaban J connectivity index is 3.05. The van der Waals surface area contributed by atoms with Crippen LogP contribution in [0.2, 0.25) is 0 Å². The first-order valence-corrected chi connectivity index (χ1v) is 4.30. The molecule has 0 saturated carbocycles. The van der Waals surface area contributed by atoms with Crippen LogP contribution < -0.4 is 10.5 Å². The van der Waals surface area contributed by atoms with Crippen LogP contribution in [-0.2, 0) is 6.42 Å². The number of benzene rings is 1. The maximum atomic E-state index is 13.1. The first-order chi connectivity index (χ1) is 6.15. The van der Waals surface area contributed by atoms with Gasteiger partial charge in [-0.05, 0) is 30.8 Å². The zero-order chi connectivity index (χ0) is 9.84. The molecule has 1 aromatic carbocycles. The van der Waals surface area contributed by atoms with Crippen molar-refractivity contribution in [2.45, 2.75) is 13.3 Å². The van der Waals surface area contributed by atoms with E-state index in [4.69, 9.17) is 10.5 Å². The topological polar surface area (TPSA) is 35.2 Å². The van der Waals surface area contributed by atoms with Gasteiger partial charge in [-0.25, -0.2) is 4.39 Å². The molecule has 0 aliphatic heterocycles. The normalized spacial score (nSPS) is 9.69. The molecule has 0 aliphatic carbocycles. The first kappa shape index (κ1) is 9.92. The van der Waals surface area contributed by atoms with Crippen LogP contribution in [0.25, 0.3) is 0 Å². The summed E-state index contributed by atoms with van der Waals surface area (Å²) in [5.74, 6) is 0.103. The van der Waals surface area contributed by atoms with Crippen molar-refractivity contribution < 1.29 is 9.13 Å². The molecule has 0 atom stereocenters. The van der Waals surface area contributed by atoms with E-state index in [1.165, 1.54) is 6.07 Å². The molecule has 0 unspecified atom stereocenters. The molecule has 70 valence electrons. The second kappa shape index (κ2) is 4.18. The number of halogens is 1. The van der Waals surface area contributed by atoms with Gasteiger partial charge in [0, 0.05) is 5.56 Å². The van der Waals surface area contributed by atoms with E-state index in [2.05, 4.69) is 12.2 Å². The van der Waals surface area contributed by atoms with Gasteiger partial charge in [0.2, 0.25) is 0 Å². The predicted molar refractivity (Wildman–Crippen MR) is 53.2 cm³/mol. The van der Waals surface area contributed by atoms with Crippen molar-refractivity contribution in [1.82, 2.24) is 0 Å². The minimum atomic E-state index is -0.295. The van der Waals surface area contributed by atoms with Crippen LogP contribution in [-0.4, -0.2) is 5.17 Å². The van der Waals surface area contributed by atoms with Crippen molar-refractivity contribution in [2.75, 3.05) is 0 Å². The van der Waals surface area contributed by atoms with E-state index in [9.17, 15) is 4.39 Å². The quantitative estimate of drug-likeness (QED) is 0.740. The fourth-order valence-electron chi connectivity index (χ4n) is 1.09. The maximum absolute atomic E-state index is 13.1. The minimum absolute atomic E-state index is 0.0969. The van der Waals surface area contributed by atoms with Gasteiger partial charge in [-0.1, -0.05) is 13.0 Å². The number of nitrogens with two attached hydrogens (primary N) is 1. The predicted octanol–water partition coefficient (Wildman–Crippen LogP) is 2.01. The Labute approximate surface area is 81.5 Å². The molecule has 13 heavy (non-hydrogen) atoms. The number of hydrogen-bond donors (Lipinski definition) is 1. The second-order valence-corrected chi connectivity index (χ2v) is 2.89. The highest BCUT2D eigenvalue weighted by molar-refractivity contribution is 7.80. The summed E-state index contributed by atoms with van der Waals surface area (Å²) >= 11 is 4.56. The van der Waals surface area contributed by atoms with Gasteiger partial charge >= 0.3 is 0 Å². The summed E-state index contributed by atoms with van der Waals surface area (Å²) in [4.78, 5) is 0. The zero-order valence-electron chi connectivity index (χ0n) is 7.21.